The van der Waals surface area contributed by atoms with E-state index in [4.69, 9.17) is 20.6 Å². The molecule has 4 aromatic rings. The van der Waals surface area contributed by atoms with Gasteiger partial charge in [0.15, 0.2) is 0 Å². The second-order valence-electron chi connectivity index (χ2n) is 9.55. The molecule has 0 spiro atoms. The van der Waals surface area contributed by atoms with Crippen LogP contribution in [0, 0.1) is 22.7 Å². The van der Waals surface area contributed by atoms with Gasteiger partial charge >= 0.3 is 7.12 Å². The highest BCUT2D eigenvalue weighted by atomic mass is 16.4. The van der Waals surface area contributed by atoms with Gasteiger partial charge in [-0.05, 0) is 85.4 Å². The van der Waals surface area contributed by atoms with Crippen LogP contribution in [0.15, 0.2) is 72.8 Å². The van der Waals surface area contributed by atoms with Gasteiger partial charge in [-0.15, -0.1) is 0 Å². The lowest BCUT2D eigenvalue weighted by Gasteiger charge is -2.20. The molecule has 1 saturated heterocycles. The summed E-state index contributed by atoms with van der Waals surface area (Å²) in [4.78, 5) is 2.61. The third kappa shape index (κ3) is 6.28. The van der Waals surface area contributed by atoms with Crippen molar-refractivity contribution < 1.29 is 10.0 Å². The molecule has 0 radical (unpaired) electrons. The van der Waals surface area contributed by atoms with Crippen LogP contribution in [0.2, 0.25) is 0 Å². The number of aryl methyl sites for hydroxylation is 1. The lowest BCUT2D eigenvalue weighted by molar-refractivity contribution is 0.271. The summed E-state index contributed by atoms with van der Waals surface area (Å²) in [6, 6.07) is 27.7. The van der Waals surface area contributed by atoms with E-state index in [0.29, 0.717) is 16.6 Å². The summed E-state index contributed by atoms with van der Waals surface area (Å²) in [6.07, 6.45) is 3.76. The topological polar surface area (TPSA) is 96.2 Å². The lowest BCUT2D eigenvalue weighted by atomic mass is 9.80. The van der Waals surface area contributed by atoms with Crippen LogP contribution in [-0.4, -0.2) is 45.8 Å². The van der Waals surface area contributed by atoms with E-state index in [1.54, 1.807) is 0 Å². The predicted molar refractivity (Wildman–Crippen MR) is 148 cm³/mol. The van der Waals surface area contributed by atoms with Crippen LogP contribution in [-0.2, 0) is 13.5 Å². The Morgan fingerprint density at radius 3 is 2.30 bits per heavy atom. The molecule has 0 saturated carbocycles. The number of nitriles is 2. The summed E-state index contributed by atoms with van der Waals surface area (Å²) in [5.41, 5.74) is 6.54. The molecular weight excluding hydrogens is 459 g/mol. The van der Waals surface area contributed by atoms with E-state index >= 15 is 0 Å². The fourth-order valence-corrected chi connectivity index (χ4v) is 4.91. The number of rotatable bonds is 5. The fraction of sp³-hybridized carbons (Fsp3) is 0.267. The number of benzene rings is 3. The molecule has 1 atom stereocenters. The van der Waals surface area contributed by atoms with Gasteiger partial charge < -0.3 is 19.5 Å². The first kappa shape index (κ1) is 26.2. The van der Waals surface area contributed by atoms with E-state index < -0.39 is 7.12 Å². The maximum atomic E-state index is 9.13. The summed E-state index contributed by atoms with van der Waals surface area (Å²) in [6.45, 7) is 4.73. The summed E-state index contributed by atoms with van der Waals surface area (Å²) < 4.78 is 2.32. The molecule has 1 aromatic heterocycles. The van der Waals surface area contributed by atoms with Crippen molar-refractivity contribution >= 4 is 23.5 Å². The molecule has 6 nitrogen and oxygen atoms in total. The molecule has 3 aromatic carbocycles. The van der Waals surface area contributed by atoms with Crippen molar-refractivity contribution in [3.8, 4) is 23.3 Å². The minimum atomic E-state index is -1.46. The third-order valence-electron chi connectivity index (χ3n) is 7.15. The molecule has 0 unspecified atom stereocenters. The first-order chi connectivity index (χ1) is 17.9. The van der Waals surface area contributed by atoms with E-state index in [-0.39, 0.29) is 0 Å². The number of hydrogen-bond acceptors (Lipinski definition) is 5. The number of hydrogen-bond donors (Lipinski definition) is 2. The minimum Gasteiger partial charge on any atom is -0.423 e. The molecule has 37 heavy (non-hydrogen) atoms. The van der Waals surface area contributed by atoms with E-state index in [2.05, 4.69) is 59.8 Å². The quantitative estimate of drug-likeness (QED) is 0.413. The largest absolute Gasteiger partial charge is 0.488 e. The SMILES string of the molecule is C[C@@H]1CCCN1CCc1cc2cc(-c3cccc(C#N)c3)ccc2n1C.N#Cc1ccc(B(O)O)cc1. The van der Waals surface area contributed by atoms with Crippen molar-refractivity contribution in [1.82, 2.24) is 9.47 Å². The smallest absolute Gasteiger partial charge is 0.423 e. The Labute approximate surface area is 218 Å². The second-order valence-corrected chi connectivity index (χ2v) is 9.55. The molecule has 7 heteroatoms. The Kier molecular flexibility index (Phi) is 8.43. The Morgan fingerprint density at radius 1 is 0.919 bits per heavy atom. The molecule has 0 aliphatic carbocycles. The van der Waals surface area contributed by atoms with Crippen LogP contribution >= 0.6 is 0 Å². The molecule has 2 N–H and O–H groups in total. The fourth-order valence-electron chi connectivity index (χ4n) is 4.91. The molecule has 0 amide bonds. The molecule has 1 aliphatic rings. The Hall–Kier alpha value is -3.88. The molecule has 0 bridgehead atoms. The van der Waals surface area contributed by atoms with Gasteiger partial charge in [0.25, 0.3) is 0 Å². The summed E-state index contributed by atoms with van der Waals surface area (Å²) in [5.74, 6) is 0. The number of likely N-dealkylation sites (tertiary alicyclic amines) is 1. The highest BCUT2D eigenvalue weighted by molar-refractivity contribution is 6.58. The summed E-state index contributed by atoms with van der Waals surface area (Å²) in [5, 5.41) is 36.1. The summed E-state index contributed by atoms with van der Waals surface area (Å²) in [7, 11) is 0.712. The third-order valence-corrected chi connectivity index (χ3v) is 7.15. The van der Waals surface area contributed by atoms with Gasteiger partial charge in [-0.3, -0.25) is 0 Å². The zero-order valence-corrected chi connectivity index (χ0v) is 21.3. The van der Waals surface area contributed by atoms with E-state index in [1.807, 2.05) is 24.3 Å². The molecular formula is C30H31BN4O2. The second kappa shape index (κ2) is 11.9. The minimum absolute atomic E-state index is 0.393. The Bertz CT molecular complexity index is 1450. The van der Waals surface area contributed by atoms with Crippen LogP contribution < -0.4 is 5.46 Å². The predicted octanol–water partition coefficient (Wildman–Crippen LogP) is 3.98. The lowest BCUT2D eigenvalue weighted by Crippen LogP contribution is -2.29. The zero-order valence-electron chi connectivity index (χ0n) is 21.3. The van der Waals surface area contributed by atoms with Crippen LogP contribution in [0.25, 0.3) is 22.0 Å². The van der Waals surface area contributed by atoms with Crippen LogP contribution in [0.3, 0.4) is 0 Å². The first-order valence-corrected chi connectivity index (χ1v) is 12.6. The average molecular weight is 490 g/mol. The maximum Gasteiger partial charge on any atom is 0.488 e. The molecule has 5 rings (SSSR count). The van der Waals surface area contributed by atoms with Gasteiger partial charge in [-0.1, -0.05) is 30.3 Å². The van der Waals surface area contributed by atoms with Crippen LogP contribution in [0.5, 0.6) is 0 Å². The van der Waals surface area contributed by atoms with Crippen molar-refractivity contribution in [2.75, 3.05) is 13.1 Å². The van der Waals surface area contributed by atoms with Gasteiger partial charge in [0.1, 0.15) is 0 Å². The van der Waals surface area contributed by atoms with Crippen LogP contribution in [0.4, 0.5) is 0 Å². The van der Waals surface area contributed by atoms with Crippen molar-refractivity contribution in [3.63, 3.8) is 0 Å². The maximum absolute atomic E-state index is 9.13. The zero-order chi connectivity index (χ0) is 26.4. The average Bonchev–Trinajstić information content (AvgIpc) is 3.49. The normalized spacial score (nSPS) is 15.0. The van der Waals surface area contributed by atoms with Gasteiger partial charge in [0.2, 0.25) is 0 Å². The molecule has 1 aliphatic heterocycles. The Balaban J connectivity index is 0.000000245. The van der Waals surface area contributed by atoms with E-state index in [1.165, 1.54) is 65.8 Å². The van der Waals surface area contributed by atoms with Crippen molar-refractivity contribution in [1.29, 1.82) is 10.5 Å². The van der Waals surface area contributed by atoms with Gasteiger partial charge in [-0.2, -0.15) is 10.5 Å². The van der Waals surface area contributed by atoms with Gasteiger partial charge in [0.05, 0.1) is 23.3 Å². The van der Waals surface area contributed by atoms with Crippen LogP contribution in [0.1, 0.15) is 36.6 Å². The highest BCUT2D eigenvalue weighted by Crippen LogP contribution is 2.27. The van der Waals surface area contributed by atoms with Gasteiger partial charge in [-0.25, -0.2) is 0 Å². The molecule has 186 valence electrons. The standard InChI is InChI=1S/C23H25N3.C7H6BNO2/c1-17-5-4-11-26(17)12-10-22-15-21-14-20(8-9-23(21)25(22)2)19-7-3-6-18(13-19)16-24;9-5-6-1-3-7(4-2-6)8(10)11/h3,6-9,13-15,17H,4-5,10-12H2,1-2H3;1-4,10-11H/t17-;/m1./s1. The monoisotopic (exact) mass is 490 g/mol. The number of aromatic nitrogens is 1. The summed E-state index contributed by atoms with van der Waals surface area (Å²) >= 11 is 0. The highest BCUT2D eigenvalue weighted by Gasteiger charge is 2.20. The Morgan fingerprint density at radius 2 is 1.65 bits per heavy atom. The van der Waals surface area contributed by atoms with Gasteiger partial charge in [0, 0.05) is 42.7 Å². The van der Waals surface area contributed by atoms with Crippen molar-refractivity contribution in [2.45, 2.75) is 32.2 Å². The van der Waals surface area contributed by atoms with Crippen molar-refractivity contribution in [2.24, 2.45) is 7.05 Å². The van der Waals surface area contributed by atoms with E-state index in [0.717, 1.165) is 24.6 Å². The number of nitrogens with zero attached hydrogens (tertiary/aromatic N) is 4. The van der Waals surface area contributed by atoms with E-state index in [9.17, 15) is 0 Å². The van der Waals surface area contributed by atoms with Crippen molar-refractivity contribution in [3.05, 3.63) is 89.6 Å². The number of fused-ring (bicyclic) bond motifs is 1. The molecule has 1 fully saturated rings. The first-order valence-electron chi connectivity index (χ1n) is 12.6. The molecule has 2 heterocycles.